The van der Waals surface area contributed by atoms with Crippen LogP contribution in [0.3, 0.4) is 0 Å². The van der Waals surface area contributed by atoms with Gasteiger partial charge in [-0.1, -0.05) is 22.0 Å². The van der Waals surface area contributed by atoms with Gasteiger partial charge in [0, 0.05) is 14.6 Å². The fourth-order valence-electron chi connectivity index (χ4n) is 1.50. The van der Waals surface area contributed by atoms with Gasteiger partial charge in [-0.15, -0.1) is 11.3 Å². The fourth-order valence-corrected chi connectivity index (χ4v) is 4.53. The Morgan fingerprint density at radius 1 is 1.40 bits per heavy atom. The van der Waals surface area contributed by atoms with E-state index in [-0.39, 0.29) is 4.21 Å². The largest absolute Gasteiger partial charge is 0.247 e. The summed E-state index contributed by atoms with van der Waals surface area (Å²) in [6.45, 7) is 1.77. The SMILES string of the molecule is Cc1c(S(N)(=O)=O)sc2cccc(Br)c12. The predicted octanol–water partition coefficient (Wildman–Crippen LogP) is 2.62. The van der Waals surface area contributed by atoms with Gasteiger partial charge in [-0.05, 0) is 24.6 Å². The van der Waals surface area contributed by atoms with Gasteiger partial charge in [0.25, 0.3) is 0 Å². The first-order valence-electron chi connectivity index (χ1n) is 4.11. The molecule has 80 valence electrons. The summed E-state index contributed by atoms with van der Waals surface area (Å²) in [5, 5.41) is 6.06. The molecule has 0 aliphatic heterocycles. The van der Waals surface area contributed by atoms with Crippen molar-refractivity contribution < 1.29 is 8.42 Å². The molecule has 1 heterocycles. The molecule has 2 aromatic rings. The van der Waals surface area contributed by atoms with Crippen LogP contribution in [-0.2, 0) is 10.0 Å². The van der Waals surface area contributed by atoms with Crippen molar-refractivity contribution in [1.82, 2.24) is 0 Å². The number of thiophene rings is 1. The minimum atomic E-state index is -3.61. The van der Waals surface area contributed by atoms with Crippen molar-refractivity contribution in [2.24, 2.45) is 5.14 Å². The molecule has 0 aliphatic carbocycles. The highest BCUT2D eigenvalue weighted by Gasteiger charge is 2.18. The third-order valence-electron chi connectivity index (χ3n) is 2.12. The van der Waals surface area contributed by atoms with Crippen LogP contribution in [0, 0.1) is 6.92 Å². The van der Waals surface area contributed by atoms with Gasteiger partial charge in [0.15, 0.2) is 0 Å². The number of aryl methyl sites for hydroxylation is 1. The van der Waals surface area contributed by atoms with Crippen LogP contribution in [0.2, 0.25) is 0 Å². The van der Waals surface area contributed by atoms with E-state index < -0.39 is 10.0 Å². The van der Waals surface area contributed by atoms with Gasteiger partial charge < -0.3 is 0 Å². The Labute approximate surface area is 100 Å². The lowest BCUT2D eigenvalue weighted by atomic mass is 10.2. The van der Waals surface area contributed by atoms with E-state index in [1.807, 2.05) is 18.2 Å². The highest BCUT2D eigenvalue weighted by Crippen LogP contribution is 2.37. The van der Waals surface area contributed by atoms with Crippen molar-refractivity contribution in [2.45, 2.75) is 11.1 Å². The molecule has 0 spiro atoms. The van der Waals surface area contributed by atoms with E-state index in [0.717, 1.165) is 14.6 Å². The molecule has 0 unspecified atom stereocenters. The summed E-state index contributed by atoms with van der Waals surface area (Å²) in [5.41, 5.74) is 0.713. The van der Waals surface area contributed by atoms with Crippen LogP contribution < -0.4 is 5.14 Å². The van der Waals surface area contributed by atoms with Crippen LogP contribution in [0.15, 0.2) is 26.9 Å². The van der Waals surface area contributed by atoms with Gasteiger partial charge in [-0.25, -0.2) is 13.6 Å². The van der Waals surface area contributed by atoms with E-state index in [1.165, 1.54) is 11.3 Å². The number of hydrogen-bond acceptors (Lipinski definition) is 3. The van der Waals surface area contributed by atoms with Crippen LogP contribution in [-0.4, -0.2) is 8.42 Å². The Hall–Kier alpha value is -0.430. The molecule has 0 bridgehead atoms. The van der Waals surface area contributed by atoms with Crippen molar-refractivity contribution in [3.8, 4) is 0 Å². The standard InChI is InChI=1S/C9H8BrNO2S2/c1-5-8-6(10)3-2-4-7(8)14-9(5)15(11,12)13/h2-4H,1H3,(H2,11,12,13). The summed E-state index contributed by atoms with van der Waals surface area (Å²) in [6, 6.07) is 5.64. The quantitative estimate of drug-likeness (QED) is 0.880. The lowest BCUT2D eigenvalue weighted by Crippen LogP contribution is -2.11. The van der Waals surface area contributed by atoms with Crippen LogP contribution in [0.1, 0.15) is 5.56 Å². The molecule has 6 heteroatoms. The van der Waals surface area contributed by atoms with Crippen molar-refractivity contribution >= 4 is 47.4 Å². The van der Waals surface area contributed by atoms with E-state index in [4.69, 9.17) is 5.14 Å². The summed E-state index contributed by atoms with van der Waals surface area (Å²) in [7, 11) is -3.61. The molecule has 2 rings (SSSR count). The minimum absolute atomic E-state index is 0.240. The van der Waals surface area contributed by atoms with E-state index in [1.54, 1.807) is 6.92 Å². The van der Waals surface area contributed by atoms with Crippen molar-refractivity contribution in [1.29, 1.82) is 0 Å². The summed E-state index contributed by atoms with van der Waals surface area (Å²) < 4.78 is 24.7. The number of halogens is 1. The number of benzene rings is 1. The topological polar surface area (TPSA) is 60.2 Å². The Kier molecular flexibility index (Phi) is 2.62. The smallest absolute Gasteiger partial charge is 0.224 e. The zero-order valence-corrected chi connectivity index (χ0v) is 11.0. The second kappa shape index (κ2) is 3.55. The third kappa shape index (κ3) is 1.82. The fraction of sp³-hybridized carbons (Fsp3) is 0.111. The maximum absolute atomic E-state index is 11.3. The maximum atomic E-state index is 11.3. The summed E-state index contributed by atoms with van der Waals surface area (Å²) in [5.74, 6) is 0. The molecule has 0 fully saturated rings. The minimum Gasteiger partial charge on any atom is -0.224 e. The normalized spacial score (nSPS) is 12.2. The van der Waals surface area contributed by atoms with E-state index in [0.29, 0.717) is 5.56 Å². The van der Waals surface area contributed by atoms with E-state index in [9.17, 15) is 8.42 Å². The summed E-state index contributed by atoms with van der Waals surface area (Å²) in [4.78, 5) is 0. The highest BCUT2D eigenvalue weighted by atomic mass is 79.9. The molecular weight excluding hydrogens is 298 g/mol. The summed E-state index contributed by atoms with van der Waals surface area (Å²) >= 11 is 4.60. The highest BCUT2D eigenvalue weighted by molar-refractivity contribution is 9.10. The molecule has 1 aromatic heterocycles. The second-order valence-corrected chi connectivity index (χ2v) is 6.84. The molecule has 0 saturated carbocycles. The van der Waals surface area contributed by atoms with Crippen LogP contribution >= 0.6 is 27.3 Å². The second-order valence-electron chi connectivity index (χ2n) is 3.17. The van der Waals surface area contributed by atoms with Gasteiger partial charge in [-0.3, -0.25) is 0 Å². The lowest BCUT2D eigenvalue weighted by Gasteiger charge is -1.96. The summed E-state index contributed by atoms with van der Waals surface area (Å²) in [6.07, 6.45) is 0. The monoisotopic (exact) mass is 305 g/mol. The average Bonchev–Trinajstić information content (AvgIpc) is 2.44. The first-order chi connectivity index (χ1) is 6.91. The zero-order chi connectivity index (χ0) is 11.2. The molecule has 1 aromatic carbocycles. The maximum Gasteiger partial charge on any atom is 0.247 e. The number of sulfonamides is 1. The molecule has 0 atom stereocenters. The van der Waals surface area contributed by atoms with E-state index >= 15 is 0 Å². The number of rotatable bonds is 1. The van der Waals surface area contributed by atoms with Gasteiger partial charge in [0.1, 0.15) is 4.21 Å². The Morgan fingerprint density at radius 3 is 2.60 bits per heavy atom. The first kappa shape index (κ1) is 11.1. The first-order valence-corrected chi connectivity index (χ1v) is 7.27. The molecule has 0 saturated heterocycles. The molecular formula is C9H8BrNO2S2. The molecule has 2 N–H and O–H groups in total. The molecule has 3 nitrogen and oxygen atoms in total. The number of hydrogen-bond donors (Lipinski definition) is 1. The van der Waals surface area contributed by atoms with Crippen molar-refractivity contribution in [2.75, 3.05) is 0 Å². The number of fused-ring (bicyclic) bond motifs is 1. The van der Waals surface area contributed by atoms with Crippen molar-refractivity contribution in [3.05, 3.63) is 28.2 Å². The Bertz CT molecular complexity index is 631. The predicted molar refractivity (Wildman–Crippen MR) is 65.6 cm³/mol. The number of primary sulfonamides is 1. The average molecular weight is 306 g/mol. The third-order valence-corrected chi connectivity index (χ3v) is 5.60. The lowest BCUT2D eigenvalue weighted by molar-refractivity contribution is 0.599. The van der Waals surface area contributed by atoms with Gasteiger partial charge in [0.2, 0.25) is 10.0 Å². The van der Waals surface area contributed by atoms with Crippen LogP contribution in [0.4, 0.5) is 0 Å². The molecule has 0 aliphatic rings. The van der Waals surface area contributed by atoms with Crippen molar-refractivity contribution in [3.63, 3.8) is 0 Å². The van der Waals surface area contributed by atoms with Crippen LogP contribution in [0.5, 0.6) is 0 Å². The Morgan fingerprint density at radius 2 is 2.07 bits per heavy atom. The van der Waals surface area contributed by atoms with Crippen LogP contribution in [0.25, 0.3) is 10.1 Å². The zero-order valence-electron chi connectivity index (χ0n) is 7.82. The molecule has 0 amide bonds. The Balaban J connectivity index is 2.94. The van der Waals surface area contributed by atoms with Gasteiger partial charge >= 0.3 is 0 Å². The van der Waals surface area contributed by atoms with Gasteiger partial charge in [0.05, 0.1) is 0 Å². The molecule has 15 heavy (non-hydrogen) atoms. The molecule has 0 radical (unpaired) electrons. The van der Waals surface area contributed by atoms with Gasteiger partial charge in [-0.2, -0.15) is 0 Å². The number of nitrogens with two attached hydrogens (primary N) is 1. The van der Waals surface area contributed by atoms with E-state index in [2.05, 4.69) is 15.9 Å².